The van der Waals surface area contributed by atoms with Crippen molar-refractivity contribution in [2.45, 2.75) is 25.5 Å². The van der Waals surface area contributed by atoms with Gasteiger partial charge in [0.15, 0.2) is 17.3 Å². The van der Waals surface area contributed by atoms with Crippen LogP contribution in [0.2, 0.25) is 0 Å². The Labute approximate surface area is 189 Å². The summed E-state index contributed by atoms with van der Waals surface area (Å²) in [5.41, 5.74) is 2.66. The van der Waals surface area contributed by atoms with Crippen molar-refractivity contribution in [2.75, 3.05) is 30.4 Å². The average molecular weight is 451 g/mol. The van der Waals surface area contributed by atoms with Crippen LogP contribution in [0.15, 0.2) is 48.9 Å². The molecule has 4 heterocycles. The van der Waals surface area contributed by atoms with Crippen LogP contribution in [0.4, 0.5) is 20.5 Å². The highest BCUT2D eigenvalue weighted by Gasteiger charge is 2.31. The number of hydrogen-bond acceptors (Lipinski definition) is 7. The fraction of sp³-hybridized carbons (Fsp3) is 0.304. The van der Waals surface area contributed by atoms with E-state index in [9.17, 15) is 8.78 Å². The largest absolute Gasteiger partial charge is 0.377 e. The van der Waals surface area contributed by atoms with E-state index >= 15 is 0 Å². The third-order valence-electron chi connectivity index (χ3n) is 5.88. The third kappa shape index (κ3) is 4.21. The molecule has 170 valence electrons. The minimum atomic E-state index is -0.902. The van der Waals surface area contributed by atoms with Gasteiger partial charge < -0.3 is 15.0 Å². The Hall–Kier alpha value is -3.66. The molecule has 1 saturated heterocycles. The van der Waals surface area contributed by atoms with E-state index < -0.39 is 11.6 Å². The number of fused-ring (bicyclic) bond motifs is 1. The van der Waals surface area contributed by atoms with Crippen molar-refractivity contribution in [1.82, 2.24) is 24.6 Å². The van der Waals surface area contributed by atoms with Gasteiger partial charge in [0.05, 0.1) is 12.1 Å². The lowest BCUT2D eigenvalue weighted by atomic mass is 10.0. The van der Waals surface area contributed by atoms with Gasteiger partial charge in [0.25, 0.3) is 0 Å². The first-order valence-corrected chi connectivity index (χ1v) is 10.7. The van der Waals surface area contributed by atoms with E-state index in [1.165, 1.54) is 6.07 Å². The number of rotatable bonds is 5. The number of nitrogens with zero attached hydrogens (tertiary/aromatic N) is 6. The molecule has 0 amide bonds. The maximum atomic E-state index is 13.8. The van der Waals surface area contributed by atoms with Crippen molar-refractivity contribution >= 4 is 17.4 Å². The number of anilines is 2. The molecule has 8 nitrogen and oxygen atoms in total. The molecule has 10 heteroatoms. The van der Waals surface area contributed by atoms with Crippen molar-refractivity contribution in [2.24, 2.45) is 0 Å². The van der Waals surface area contributed by atoms with Crippen molar-refractivity contribution in [3.05, 3.63) is 66.3 Å². The number of halogens is 2. The number of pyridine rings is 1. The number of nitrogens with one attached hydrogen (secondary N) is 1. The molecule has 0 radical (unpaired) electrons. The predicted molar refractivity (Wildman–Crippen MR) is 120 cm³/mol. The molecule has 0 aliphatic carbocycles. The van der Waals surface area contributed by atoms with Gasteiger partial charge in [0.1, 0.15) is 12.1 Å². The minimum Gasteiger partial charge on any atom is -0.377 e. The standard InChI is InChI=1S/C23H23F2N7O/c1-14-10-21(27-13-26-14)31-9-7-19(20(12-31)33-2)28-23-29-22-16(4-3-8-32(22)30-23)15-5-6-17(24)18(25)11-15/h3-6,8,10-11,13,19-20H,7,9,12H2,1-2H3,(H,28,30)/t19-,20-/m1/s1. The smallest absolute Gasteiger partial charge is 0.243 e. The second-order valence-corrected chi connectivity index (χ2v) is 8.03. The number of ether oxygens (including phenoxy) is 1. The summed E-state index contributed by atoms with van der Waals surface area (Å²) < 4.78 is 34.5. The molecule has 1 aliphatic heterocycles. The molecular formula is C23H23F2N7O. The third-order valence-corrected chi connectivity index (χ3v) is 5.88. The summed E-state index contributed by atoms with van der Waals surface area (Å²) in [5.74, 6) is -0.460. The lowest BCUT2D eigenvalue weighted by Crippen LogP contribution is -2.51. The van der Waals surface area contributed by atoms with Crippen LogP contribution in [0.25, 0.3) is 16.8 Å². The predicted octanol–water partition coefficient (Wildman–Crippen LogP) is 3.48. The highest BCUT2D eigenvalue weighted by atomic mass is 19.2. The van der Waals surface area contributed by atoms with Gasteiger partial charge in [-0.25, -0.2) is 23.3 Å². The van der Waals surface area contributed by atoms with E-state index in [0.29, 0.717) is 29.3 Å². The first kappa shape index (κ1) is 21.2. The molecule has 0 bridgehead atoms. The summed E-state index contributed by atoms with van der Waals surface area (Å²) in [7, 11) is 1.69. The fourth-order valence-electron chi connectivity index (χ4n) is 4.16. The van der Waals surface area contributed by atoms with Gasteiger partial charge in [-0.3, -0.25) is 0 Å². The summed E-state index contributed by atoms with van der Waals surface area (Å²) in [4.78, 5) is 15.4. The van der Waals surface area contributed by atoms with Gasteiger partial charge in [0, 0.05) is 43.7 Å². The average Bonchev–Trinajstić information content (AvgIpc) is 3.24. The summed E-state index contributed by atoms with van der Waals surface area (Å²) in [6.07, 6.45) is 4.03. The van der Waals surface area contributed by atoms with Crippen molar-refractivity contribution in [1.29, 1.82) is 0 Å². The van der Waals surface area contributed by atoms with E-state index in [-0.39, 0.29) is 12.1 Å². The van der Waals surface area contributed by atoms with Crippen LogP contribution in [-0.4, -0.2) is 56.9 Å². The number of aromatic nitrogens is 5. The molecule has 2 atom stereocenters. The highest BCUT2D eigenvalue weighted by molar-refractivity contribution is 5.77. The first-order chi connectivity index (χ1) is 16.0. The van der Waals surface area contributed by atoms with Gasteiger partial charge in [0.2, 0.25) is 5.95 Å². The minimum absolute atomic E-state index is 0.00156. The second kappa shape index (κ2) is 8.70. The number of hydrogen-bond donors (Lipinski definition) is 1. The molecule has 0 unspecified atom stereocenters. The normalized spacial score (nSPS) is 18.6. The molecule has 1 aliphatic rings. The number of methoxy groups -OCH3 is 1. The van der Waals surface area contributed by atoms with Crippen LogP contribution in [-0.2, 0) is 4.74 Å². The van der Waals surface area contributed by atoms with Crippen molar-refractivity contribution < 1.29 is 13.5 Å². The molecule has 33 heavy (non-hydrogen) atoms. The molecule has 3 aromatic heterocycles. The lowest BCUT2D eigenvalue weighted by Gasteiger charge is -2.38. The quantitative estimate of drug-likeness (QED) is 0.498. The zero-order chi connectivity index (χ0) is 22.9. The topological polar surface area (TPSA) is 80.5 Å². The molecule has 5 rings (SSSR count). The second-order valence-electron chi connectivity index (χ2n) is 8.03. The zero-order valence-corrected chi connectivity index (χ0v) is 18.2. The molecular weight excluding hydrogens is 428 g/mol. The van der Waals surface area contributed by atoms with E-state index in [1.807, 2.05) is 13.0 Å². The van der Waals surface area contributed by atoms with E-state index in [1.54, 1.807) is 36.3 Å². The van der Waals surface area contributed by atoms with Crippen LogP contribution in [0.3, 0.4) is 0 Å². The number of piperidine rings is 1. The van der Waals surface area contributed by atoms with Crippen LogP contribution >= 0.6 is 0 Å². The lowest BCUT2D eigenvalue weighted by molar-refractivity contribution is 0.0786. The van der Waals surface area contributed by atoms with Crippen LogP contribution in [0.5, 0.6) is 0 Å². The molecule has 4 aromatic rings. The van der Waals surface area contributed by atoms with E-state index in [0.717, 1.165) is 36.6 Å². The van der Waals surface area contributed by atoms with Crippen LogP contribution in [0.1, 0.15) is 12.1 Å². The monoisotopic (exact) mass is 451 g/mol. The maximum Gasteiger partial charge on any atom is 0.243 e. The van der Waals surface area contributed by atoms with E-state index in [4.69, 9.17) is 4.74 Å². The Morgan fingerprint density at radius 1 is 1.12 bits per heavy atom. The zero-order valence-electron chi connectivity index (χ0n) is 18.2. The van der Waals surface area contributed by atoms with Gasteiger partial charge in [-0.05, 0) is 43.2 Å². The fourth-order valence-corrected chi connectivity index (χ4v) is 4.16. The van der Waals surface area contributed by atoms with Gasteiger partial charge in [-0.1, -0.05) is 6.07 Å². The molecule has 0 spiro atoms. The summed E-state index contributed by atoms with van der Waals surface area (Å²) in [5, 5.41) is 7.92. The SMILES string of the molecule is CO[C@@H]1CN(c2cc(C)ncn2)CC[C@H]1Nc1nc2c(-c3ccc(F)c(F)c3)cccn2n1. The molecule has 0 saturated carbocycles. The summed E-state index contributed by atoms with van der Waals surface area (Å²) in [6.45, 7) is 3.40. The highest BCUT2D eigenvalue weighted by Crippen LogP contribution is 2.27. The molecule has 1 aromatic carbocycles. The van der Waals surface area contributed by atoms with Crippen LogP contribution in [0, 0.1) is 18.6 Å². The molecule has 1 N–H and O–H groups in total. The Balaban J connectivity index is 1.37. The first-order valence-electron chi connectivity index (χ1n) is 10.7. The Bertz CT molecular complexity index is 1300. The van der Waals surface area contributed by atoms with Crippen molar-refractivity contribution in [3.63, 3.8) is 0 Å². The Morgan fingerprint density at radius 3 is 2.79 bits per heavy atom. The van der Waals surface area contributed by atoms with Gasteiger partial charge in [-0.15, -0.1) is 5.10 Å². The van der Waals surface area contributed by atoms with Gasteiger partial charge in [-0.2, -0.15) is 4.98 Å². The maximum absolute atomic E-state index is 13.8. The number of aryl methyl sites for hydroxylation is 1. The molecule has 1 fully saturated rings. The Morgan fingerprint density at radius 2 is 2.00 bits per heavy atom. The summed E-state index contributed by atoms with van der Waals surface area (Å²) >= 11 is 0. The van der Waals surface area contributed by atoms with Crippen LogP contribution < -0.4 is 10.2 Å². The van der Waals surface area contributed by atoms with Crippen molar-refractivity contribution in [3.8, 4) is 11.1 Å². The summed E-state index contributed by atoms with van der Waals surface area (Å²) in [6, 6.07) is 9.37. The number of benzene rings is 1. The Kier molecular flexibility index (Phi) is 5.59. The van der Waals surface area contributed by atoms with E-state index in [2.05, 4.69) is 30.3 Å². The van der Waals surface area contributed by atoms with Gasteiger partial charge >= 0.3 is 0 Å².